The van der Waals surface area contributed by atoms with Crippen LogP contribution in [-0.2, 0) is 10.5 Å². The Morgan fingerprint density at radius 2 is 1.89 bits per heavy atom. The van der Waals surface area contributed by atoms with Gasteiger partial charge in [-0.25, -0.2) is 0 Å². The second kappa shape index (κ2) is 4.46. The van der Waals surface area contributed by atoms with Crippen LogP contribution in [0.1, 0.15) is 39.7 Å². The van der Waals surface area contributed by atoms with E-state index in [0.717, 1.165) is 5.71 Å². The molecule has 0 aliphatic carbocycles. The molecule has 1 aliphatic heterocycles. The van der Waals surface area contributed by atoms with Gasteiger partial charge in [-0.05, 0) is 6.92 Å². The fraction of sp³-hybridized carbons (Fsp3) is 0.467. The van der Waals surface area contributed by atoms with Gasteiger partial charge in [0, 0.05) is 23.1 Å². The highest BCUT2D eigenvalue weighted by atomic mass is 16.3. The van der Waals surface area contributed by atoms with Gasteiger partial charge in [0.15, 0.2) is 5.72 Å². The van der Waals surface area contributed by atoms with Crippen molar-refractivity contribution in [2.24, 2.45) is 10.5 Å². The number of hydrogen-bond acceptors (Lipinski definition) is 3. The van der Waals surface area contributed by atoms with E-state index in [4.69, 9.17) is 0 Å². The summed E-state index contributed by atoms with van der Waals surface area (Å²) in [5.41, 5.74) is -0.510. The molecule has 4 heteroatoms. The van der Waals surface area contributed by atoms with E-state index in [1.807, 2.05) is 58.0 Å². The SMILES string of the molecule is CC1=NN(C(=O)C(C)(C)C)[C@@](O)(c2ccccc2)C1. The molecule has 0 radical (unpaired) electrons. The standard InChI is InChI=1S/C15H20N2O2/c1-11-10-15(19,12-8-6-5-7-9-12)17(16-11)13(18)14(2,3)4/h5-9,19H,10H2,1-4H3/t15-/m0/s1. The molecule has 19 heavy (non-hydrogen) atoms. The zero-order valence-electron chi connectivity index (χ0n) is 11.8. The number of carbonyl (C=O) groups excluding carboxylic acids is 1. The van der Waals surface area contributed by atoms with Crippen LogP contribution in [0.3, 0.4) is 0 Å². The summed E-state index contributed by atoms with van der Waals surface area (Å²) in [5.74, 6) is -0.185. The third kappa shape index (κ3) is 2.40. The van der Waals surface area contributed by atoms with Crippen molar-refractivity contribution in [1.82, 2.24) is 5.01 Å². The second-order valence-corrected chi connectivity index (χ2v) is 6.06. The van der Waals surface area contributed by atoms with Gasteiger partial charge in [-0.3, -0.25) is 4.79 Å². The molecule has 1 heterocycles. The first-order valence-corrected chi connectivity index (χ1v) is 6.42. The van der Waals surface area contributed by atoms with Gasteiger partial charge in [-0.1, -0.05) is 51.1 Å². The summed E-state index contributed by atoms with van der Waals surface area (Å²) in [6.45, 7) is 7.29. The number of nitrogens with zero attached hydrogens (tertiary/aromatic N) is 2. The van der Waals surface area contributed by atoms with Crippen LogP contribution in [0, 0.1) is 5.41 Å². The topological polar surface area (TPSA) is 52.9 Å². The van der Waals surface area contributed by atoms with E-state index in [9.17, 15) is 9.90 Å². The Morgan fingerprint density at radius 1 is 1.32 bits per heavy atom. The lowest BCUT2D eigenvalue weighted by molar-refractivity contribution is -0.166. The van der Waals surface area contributed by atoms with Crippen LogP contribution in [0.15, 0.2) is 35.4 Å². The molecule has 0 aromatic heterocycles. The van der Waals surface area contributed by atoms with Crippen molar-refractivity contribution in [1.29, 1.82) is 0 Å². The van der Waals surface area contributed by atoms with E-state index < -0.39 is 11.1 Å². The molecule has 2 rings (SSSR count). The van der Waals surface area contributed by atoms with E-state index in [2.05, 4.69) is 5.10 Å². The summed E-state index contributed by atoms with van der Waals surface area (Å²) < 4.78 is 0. The molecule has 1 atom stereocenters. The number of hydrogen-bond donors (Lipinski definition) is 1. The van der Waals surface area contributed by atoms with Crippen LogP contribution in [0.4, 0.5) is 0 Å². The fourth-order valence-electron chi connectivity index (χ4n) is 2.18. The molecule has 0 saturated carbocycles. The van der Waals surface area contributed by atoms with Crippen LogP contribution in [-0.4, -0.2) is 21.7 Å². The monoisotopic (exact) mass is 260 g/mol. The Bertz CT molecular complexity index is 517. The van der Waals surface area contributed by atoms with Crippen LogP contribution < -0.4 is 0 Å². The minimum absolute atomic E-state index is 0.185. The Balaban J connectivity index is 2.44. The zero-order chi connectivity index (χ0) is 14.3. The first kappa shape index (κ1) is 13.7. The molecule has 0 unspecified atom stereocenters. The third-order valence-electron chi connectivity index (χ3n) is 3.19. The summed E-state index contributed by atoms with van der Waals surface area (Å²) in [6, 6.07) is 9.21. The van der Waals surface area contributed by atoms with Crippen molar-refractivity contribution in [3.05, 3.63) is 35.9 Å². The Labute approximate surface area is 113 Å². The van der Waals surface area contributed by atoms with Crippen molar-refractivity contribution >= 4 is 11.6 Å². The number of carbonyl (C=O) groups is 1. The largest absolute Gasteiger partial charge is 0.365 e. The van der Waals surface area contributed by atoms with Gasteiger partial charge in [-0.15, -0.1) is 0 Å². The van der Waals surface area contributed by atoms with Gasteiger partial charge in [0.05, 0.1) is 0 Å². The molecule has 1 aliphatic rings. The van der Waals surface area contributed by atoms with Crippen molar-refractivity contribution in [2.75, 3.05) is 0 Å². The minimum Gasteiger partial charge on any atom is -0.365 e. The van der Waals surface area contributed by atoms with Crippen molar-refractivity contribution in [3.63, 3.8) is 0 Å². The van der Waals surface area contributed by atoms with Crippen LogP contribution >= 0.6 is 0 Å². The highest BCUT2D eigenvalue weighted by molar-refractivity contribution is 5.90. The molecule has 102 valence electrons. The number of amides is 1. The van der Waals surface area contributed by atoms with Crippen molar-refractivity contribution in [3.8, 4) is 0 Å². The molecular formula is C15H20N2O2. The highest BCUT2D eigenvalue weighted by Gasteiger charge is 2.47. The van der Waals surface area contributed by atoms with Crippen LogP contribution in [0.25, 0.3) is 0 Å². The average molecular weight is 260 g/mol. The van der Waals surface area contributed by atoms with Crippen LogP contribution in [0.5, 0.6) is 0 Å². The van der Waals surface area contributed by atoms with E-state index in [0.29, 0.717) is 12.0 Å². The highest BCUT2D eigenvalue weighted by Crippen LogP contribution is 2.37. The van der Waals surface area contributed by atoms with E-state index >= 15 is 0 Å². The number of hydrazone groups is 1. The van der Waals surface area contributed by atoms with Crippen LogP contribution in [0.2, 0.25) is 0 Å². The fourth-order valence-corrected chi connectivity index (χ4v) is 2.18. The molecule has 0 spiro atoms. The number of rotatable bonds is 1. The first-order chi connectivity index (χ1) is 8.75. The molecule has 0 fully saturated rings. The molecule has 1 N–H and O–H groups in total. The second-order valence-electron chi connectivity index (χ2n) is 6.06. The van der Waals surface area contributed by atoms with Gasteiger partial charge in [0.25, 0.3) is 5.91 Å². The molecule has 0 bridgehead atoms. The third-order valence-corrected chi connectivity index (χ3v) is 3.19. The minimum atomic E-state index is -1.37. The molecular weight excluding hydrogens is 240 g/mol. The summed E-state index contributed by atoms with van der Waals surface area (Å²) in [4.78, 5) is 12.5. The molecule has 0 saturated heterocycles. The van der Waals surface area contributed by atoms with E-state index in [1.165, 1.54) is 5.01 Å². The summed E-state index contributed by atoms with van der Waals surface area (Å²) in [6.07, 6.45) is 0.346. The maximum atomic E-state index is 12.5. The normalized spacial score (nSPS) is 23.4. The molecule has 1 aromatic rings. The van der Waals surface area contributed by atoms with Gasteiger partial charge >= 0.3 is 0 Å². The van der Waals surface area contributed by atoms with E-state index in [1.54, 1.807) is 0 Å². The zero-order valence-corrected chi connectivity index (χ0v) is 11.8. The van der Waals surface area contributed by atoms with Crippen molar-refractivity contribution in [2.45, 2.75) is 39.8 Å². The lowest BCUT2D eigenvalue weighted by Gasteiger charge is -2.35. The predicted octanol–water partition coefficient (Wildman–Crippen LogP) is 2.49. The Hall–Kier alpha value is -1.68. The Kier molecular flexibility index (Phi) is 3.22. The van der Waals surface area contributed by atoms with Gasteiger partial charge in [0.2, 0.25) is 0 Å². The quantitative estimate of drug-likeness (QED) is 0.843. The maximum absolute atomic E-state index is 12.5. The number of aliphatic hydroxyl groups is 1. The Morgan fingerprint density at radius 3 is 2.42 bits per heavy atom. The molecule has 1 amide bonds. The molecule has 1 aromatic carbocycles. The number of benzene rings is 1. The van der Waals surface area contributed by atoms with E-state index in [-0.39, 0.29) is 5.91 Å². The summed E-state index contributed by atoms with van der Waals surface area (Å²) in [5, 5.41) is 16.4. The lowest BCUT2D eigenvalue weighted by Crippen LogP contribution is -2.47. The lowest BCUT2D eigenvalue weighted by atomic mass is 9.92. The smallest absolute Gasteiger partial charge is 0.250 e. The van der Waals surface area contributed by atoms with Gasteiger partial charge in [0.1, 0.15) is 0 Å². The predicted molar refractivity (Wildman–Crippen MR) is 74.4 cm³/mol. The van der Waals surface area contributed by atoms with Gasteiger partial charge < -0.3 is 5.11 Å². The summed E-state index contributed by atoms with van der Waals surface area (Å²) >= 11 is 0. The summed E-state index contributed by atoms with van der Waals surface area (Å²) in [7, 11) is 0. The van der Waals surface area contributed by atoms with Gasteiger partial charge in [-0.2, -0.15) is 10.1 Å². The molecule has 4 nitrogen and oxygen atoms in total. The average Bonchev–Trinajstić information content (AvgIpc) is 2.65. The first-order valence-electron chi connectivity index (χ1n) is 6.42. The maximum Gasteiger partial charge on any atom is 0.250 e. The van der Waals surface area contributed by atoms with Crippen molar-refractivity contribution < 1.29 is 9.90 Å².